The molecule has 0 spiro atoms. The first kappa shape index (κ1) is 10.2. The number of carboxylic acid groups (broad SMARTS) is 1. The van der Waals surface area contributed by atoms with Crippen LogP contribution in [0.15, 0.2) is 36.7 Å². The molecule has 2 aromatic rings. The second kappa shape index (κ2) is 4.06. The Morgan fingerprint density at radius 3 is 2.50 bits per heavy atom. The predicted molar refractivity (Wildman–Crippen MR) is 54.4 cm³/mol. The Morgan fingerprint density at radius 2 is 1.88 bits per heavy atom. The number of hydrogen-bond donors (Lipinski definition) is 1. The number of carbonyl (C=O) groups is 1. The molecule has 0 amide bonds. The summed E-state index contributed by atoms with van der Waals surface area (Å²) in [7, 11) is 0. The van der Waals surface area contributed by atoms with Gasteiger partial charge in [0.15, 0.2) is 0 Å². The molecule has 0 aliphatic rings. The molecule has 0 unspecified atom stereocenters. The average molecular weight is 218 g/mol. The normalized spacial score (nSPS) is 10.1. The van der Waals surface area contributed by atoms with E-state index >= 15 is 0 Å². The molecule has 0 fully saturated rings. The maximum atomic E-state index is 13.0. The fourth-order valence-corrected chi connectivity index (χ4v) is 1.34. The number of aromatic carboxylic acids is 1. The predicted octanol–water partition coefficient (Wildman–Crippen LogP) is 1.98. The molecular weight excluding hydrogens is 211 g/mol. The van der Waals surface area contributed by atoms with Gasteiger partial charge >= 0.3 is 5.97 Å². The van der Waals surface area contributed by atoms with Crippen LogP contribution in [0.2, 0.25) is 0 Å². The Bertz CT molecular complexity index is 529. The first-order valence-corrected chi connectivity index (χ1v) is 4.49. The lowest BCUT2D eigenvalue weighted by Gasteiger charge is -2.04. The summed E-state index contributed by atoms with van der Waals surface area (Å²) < 4.78 is 13.0. The third-order valence-electron chi connectivity index (χ3n) is 2.05. The van der Waals surface area contributed by atoms with E-state index in [4.69, 9.17) is 5.11 Å². The van der Waals surface area contributed by atoms with Gasteiger partial charge < -0.3 is 5.11 Å². The second-order valence-corrected chi connectivity index (χ2v) is 3.07. The Balaban J connectivity index is 2.63. The highest BCUT2D eigenvalue weighted by atomic mass is 19.1. The Morgan fingerprint density at radius 1 is 1.19 bits per heavy atom. The molecule has 0 atom stereocenters. The summed E-state index contributed by atoms with van der Waals surface area (Å²) in [6.45, 7) is 0. The summed E-state index contributed by atoms with van der Waals surface area (Å²) in [6.07, 6.45) is 2.99. The van der Waals surface area contributed by atoms with Crippen LogP contribution in [0.25, 0.3) is 11.3 Å². The zero-order valence-corrected chi connectivity index (χ0v) is 8.09. The average Bonchev–Trinajstić information content (AvgIpc) is 2.29. The van der Waals surface area contributed by atoms with Crippen LogP contribution in [0.5, 0.6) is 0 Å². The lowest BCUT2D eigenvalue weighted by Crippen LogP contribution is -2.02. The van der Waals surface area contributed by atoms with E-state index in [1.807, 2.05) is 0 Å². The molecule has 2 rings (SSSR count). The van der Waals surface area contributed by atoms with Crippen molar-refractivity contribution in [1.82, 2.24) is 9.97 Å². The number of nitrogens with zero attached hydrogens (tertiary/aromatic N) is 2. The Hall–Kier alpha value is -2.30. The van der Waals surface area contributed by atoms with Crippen LogP contribution < -0.4 is 0 Å². The highest BCUT2D eigenvalue weighted by Crippen LogP contribution is 2.20. The van der Waals surface area contributed by atoms with Gasteiger partial charge in [-0.1, -0.05) is 0 Å². The molecule has 0 saturated carbocycles. The standard InChI is InChI=1S/C11H7FN2O2/c12-9-2-1-8(11(15)16)10(14-9)7-3-5-13-6-4-7/h1-6H,(H,15,16). The van der Waals surface area contributed by atoms with E-state index < -0.39 is 11.9 Å². The van der Waals surface area contributed by atoms with Crippen LogP contribution in [0.3, 0.4) is 0 Å². The van der Waals surface area contributed by atoms with Crippen molar-refractivity contribution < 1.29 is 14.3 Å². The molecule has 2 aromatic heterocycles. The van der Waals surface area contributed by atoms with E-state index in [0.29, 0.717) is 5.56 Å². The molecule has 0 radical (unpaired) electrons. The van der Waals surface area contributed by atoms with E-state index in [-0.39, 0.29) is 11.3 Å². The van der Waals surface area contributed by atoms with Crippen LogP contribution in [0, 0.1) is 5.95 Å². The summed E-state index contributed by atoms with van der Waals surface area (Å²) in [6, 6.07) is 5.37. The maximum Gasteiger partial charge on any atom is 0.337 e. The Labute approximate surface area is 90.4 Å². The molecule has 4 nitrogen and oxygen atoms in total. The van der Waals surface area contributed by atoms with Gasteiger partial charge in [-0.05, 0) is 24.3 Å². The van der Waals surface area contributed by atoms with Crippen LogP contribution in [-0.2, 0) is 0 Å². The minimum atomic E-state index is -1.14. The van der Waals surface area contributed by atoms with Gasteiger partial charge in [-0.2, -0.15) is 4.39 Å². The van der Waals surface area contributed by atoms with Crippen LogP contribution in [-0.4, -0.2) is 21.0 Å². The number of aromatic nitrogens is 2. The van der Waals surface area contributed by atoms with Crippen molar-refractivity contribution in [3.63, 3.8) is 0 Å². The van der Waals surface area contributed by atoms with Crippen molar-refractivity contribution in [2.45, 2.75) is 0 Å². The van der Waals surface area contributed by atoms with Crippen molar-refractivity contribution >= 4 is 5.97 Å². The molecule has 1 N–H and O–H groups in total. The van der Waals surface area contributed by atoms with Gasteiger partial charge in [-0.3, -0.25) is 4.98 Å². The highest BCUT2D eigenvalue weighted by Gasteiger charge is 2.13. The lowest BCUT2D eigenvalue weighted by molar-refractivity contribution is 0.0697. The quantitative estimate of drug-likeness (QED) is 0.783. The van der Waals surface area contributed by atoms with E-state index in [9.17, 15) is 9.18 Å². The van der Waals surface area contributed by atoms with E-state index in [1.165, 1.54) is 18.5 Å². The zero-order valence-electron chi connectivity index (χ0n) is 8.09. The number of halogens is 1. The van der Waals surface area contributed by atoms with Crippen molar-refractivity contribution in [2.75, 3.05) is 0 Å². The third kappa shape index (κ3) is 1.88. The molecule has 0 saturated heterocycles. The van der Waals surface area contributed by atoms with Crippen LogP contribution in [0.4, 0.5) is 4.39 Å². The summed E-state index contributed by atoms with van der Waals surface area (Å²) in [5, 5.41) is 8.94. The summed E-state index contributed by atoms with van der Waals surface area (Å²) >= 11 is 0. The van der Waals surface area contributed by atoms with Gasteiger partial charge in [0, 0.05) is 18.0 Å². The van der Waals surface area contributed by atoms with E-state index in [1.54, 1.807) is 12.1 Å². The van der Waals surface area contributed by atoms with Crippen LogP contribution in [0.1, 0.15) is 10.4 Å². The van der Waals surface area contributed by atoms with Crippen molar-refractivity contribution in [2.24, 2.45) is 0 Å². The molecule has 80 valence electrons. The van der Waals surface area contributed by atoms with Gasteiger partial charge in [-0.15, -0.1) is 0 Å². The van der Waals surface area contributed by atoms with Gasteiger partial charge in [0.25, 0.3) is 0 Å². The Kier molecular flexibility index (Phi) is 2.59. The van der Waals surface area contributed by atoms with Gasteiger partial charge in [0.05, 0.1) is 11.3 Å². The summed E-state index contributed by atoms with van der Waals surface area (Å²) in [5.41, 5.74) is 0.592. The molecule has 5 heteroatoms. The number of rotatable bonds is 2. The smallest absolute Gasteiger partial charge is 0.337 e. The first-order chi connectivity index (χ1) is 7.68. The molecule has 0 aliphatic carbocycles. The van der Waals surface area contributed by atoms with Crippen LogP contribution >= 0.6 is 0 Å². The first-order valence-electron chi connectivity index (χ1n) is 4.49. The van der Waals surface area contributed by atoms with Crippen molar-refractivity contribution in [3.8, 4) is 11.3 Å². The number of carboxylic acids is 1. The molecule has 0 bridgehead atoms. The third-order valence-corrected chi connectivity index (χ3v) is 2.05. The molecule has 0 aromatic carbocycles. The SMILES string of the molecule is O=C(O)c1ccc(F)nc1-c1ccncc1. The second-order valence-electron chi connectivity index (χ2n) is 3.07. The summed E-state index contributed by atoms with van der Waals surface area (Å²) in [5.74, 6) is -1.85. The maximum absolute atomic E-state index is 13.0. The topological polar surface area (TPSA) is 63.1 Å². The van der Waals surface area contributed by atoms with Gasteiger partial charge in [-0.25, -0.2) is 9.78 Å². The number of hydrogen-bond acceptors (Lipinski definition) is 3. The van der Waals surface area contributed by atoms with Gasteiger partial charge in [0.2, 0.25) is 5.95 Å². The molecule has 16 heavy (non-hydrogen) atoms. The van der Waals surface area contributed by atoms with Gasteiger partial charge in [0.1, 0.15) is 0 Å². The molecule has 2 heterocycles. The minimum absolute atomic E-state index is 0.0346. The largest absolute Gasteiger partial charge is 0.478 e. The molecular formula is C11H7FN2O2. The zero-order chi connectivity index (χ0) is 11.5. The number of pyridine rings is 2. The highest BCUT2D eigenvalue weighted by molar-refractivity contribution is 5.94. The summed E-state index contributed by atoms with van der Waals surface area (Å²) in [4.78, 5) is 18.3. The van der Waals surface area contributed by atoms with Crippen molar-refractivity contribution in [1.29, 1.82) is 0 Å². The lowest BCUT2D eigenvalue weighted by atomic mass is 10.1. The van der Waals surface area contributed by atoms with Crippen molar-refractivity contribution in [3.05, 3.63) is 48.2 Å². The minimum Gasteiger partial charge on any atom is -0.478 e. The van der Waals surface area contributed by atoms with E-state index in [2.05, 4.69) is 9.97 Å². The van der Waals surface area contributed by atoms with E-state index in [0.717, 1.165) is 6.07 Å². The monoisotopic (exact) mass is 218 g/mol. The molecule has 0 aliphatic heterocycles. The fraction of sp³-hybridized carbons (Fsp3) is 0. The fourth-order valence-electron chi connectivity index (χ4n) is 1.34.